The third-order valence-corrected chi connectivity index (χ3v) is 7.57. The standard InChI is InChI=1S/C25H20Br2N2O2S/c1-15-10-19(11-16(2)23(15)27)28-25-29-24(30)22(32-25)13-18-8-9-21(20(26)12-18)31-14-17-6-4-3-5-7-17/h3-13H,14H2,1-2H3,(H,28,29,30)/b22-13-. The Bertz CT molecular complexity index is 1220. The lowest BCUT2D eigenvalue weighted by atomic mass is 10.1. The van der Waals surface area contributed by atoms with Gasteiger partial charge in [0.05, 0.1) is 15.1 Å². The van der Waals surface area contributed by atoms with E-state index in [9.17, 15) is 4.79 Å². The third kappa shape index (κ3) is 5.52. The van der Waals surface area contributed by atoms with E-state index in [4.69, 9.17) is 4.74 Å². The topological polar surface area (TPSA) is 50.7 Å². The summed E-state index contributed by atoms with van der Waals surface area (Å²) in [6.07, 6.45) is 1.85. The molecule has 1 fully saturated rings. The lowest BCUT2D eigenvalue weighted by molar-refractivity contribution is -0.115. The van der Waals surface area contributed by atoms with Gasteiger partial charge in [-0.25, -0.2) is 4.99 Å². The molecule has 0 aliphatic carbocycles. The summed E-state index contributed by atoms with van der Waals surface area (Å²) >= 11 is 8.47. The highest BCUT2D eigenvalue weighted by molar-refractivity contribution is 9.10. The van der Waals surface area contributed by atoms with Crippen LogP contribution in [0.4, 0.5) is 5.69 Å². The van der Waals surface area contributed by atoms with Crippen molar-refractivity contribution in [2.24, 2.45) is 4.99 Å². The largest absolute Gasteiger partial charge is 0.488 e. The molecule has 1 saturated heterocycles. The van der Waals surface area contributed by atoms with E-state index in [1.807, 2.05) is 80.6 Å². The van der Waals surface area contributed by atoms with Crippen molar-refractivity contribution in [1.82, 2.24) is 5.32 Å². The lowest BCUT2D eigenvalue weighted by Crippen LogP contribution is -2.19. The Morgan fingerprint density at radius 2 is 1.75 bits per heavy atom. The predicted molar refractivity (Wildman–Crippen MR) is 139 cm³/mol. The number of nitrogens with one attached hydrogen (secondary N) is 1. The van der Waals surface area contributed by atoms with Crippen LogP contribution in [0.2, 0.25) is 0 Å². The molecule has 3 aromatic rings. The zero-order valence-electron chi connectivity index (χ0n) is 17.5. The third-order valence-electron chi connectivity index (χ3n) is 4.79. The van der Waals surface area contributed by atoms with Crippen molar-refractivity contribution in [2.75, 3.05) is 0 Å². The molecule has 4 rings (SSSR count). The first-order chi connectivity index (χ1) is 15.4. The van der Waals surface area contributed by atoms with Crippen molar-refractivity contribution in [2.45, 2.75) is 20.5 Å². The van der Waals surface area contributed by atoms with Crippen molar-refractivity contribution in [3.05, 3.63) is 96.8 Å². The van der Waals surface area contributed by atoms with Gasteiger partial charge in [-0.15, -0.1) is 0 Å². The highest BCUT2D eigenvalue weighted by atomic mass is 79.9. The predicted octanol–water partition coefficient (Wildman–Crippen LogP) is 7.30. The Morgan fingerprint density at radius 3 is 2.44 bits per heavy atom. The summed E-state index contributed by atoms with van der Waals surface area (Å²) in [5.74, 6) is 0.600. The maximum absolute atomic E-state index is 12.5. The molecule has 0 saturated carbocycles. The normalized spacial score (nSPS) is 15.9. The number of ether oxygens (including phenoxy) is 1. The molecule has 1 aliphatic rings. The second kappa shape index (κ2) is 10.1. The summed E-state index contributed by atoms with van der Waals surface area (Å²) in [5.41, 5.74) is 5.03. The van der Waals surface area contributed by atoms with E-state index in [1.54, 1.807) is 0 Å². The number of halogens is 2. The minimum Gasteiger partial charge on any atom is -0.488 e. The fourth-order valence-electron chi connectivity index (χ4n) is 3.20. The zero-order valence-corrected chi connectivity index (χ0v) is 21.5. The summed E-state index contributed by atoms with van der Waals surface area (Å²) in [5, 5.41) is 3.42. The van der Waals surface area contributed by atoms with Crippen LogP contribution >= 0.6 is 43.6 Å². The Morgan fingerprint density at radius 1 is 1.03 bits per heavy atom. The number of hydrogen-bond donors (Lipinski definition) is 1. The fraction of sp³-hybridized carbons (Fsp3) is 0.120. The molecule has 1 amide bonds. The number of amidine groups is 1. The van der Waals surface area contributed by atoms with E-state index >= 15 is 0 Å². The summed E-state index contributed by atoms with van der Waals surface area (Å²) in [6, 6.07) is 19.8. The van der Waals surface area contributed by atoms with Gasteiger partial charge in [-0.3, -0.25) is 4.79 Å². The van der Waals surface area contributed by atoms with Crippen LogP contribution < -0.4 is 10.1 Å². The summed E-state index contributed by atoms with van der Waals surface area (Å²) in [4.78, 5) is 17.7. The summed E-state index contributed by atoms with van der Waals surface area (Å²) in [7, 11) is 0. The molecule has 0 spiro atoms. The molecule has 162 valence electrons. The molecule has 7 heteroatoms. The molecule has 1 heterocycles. The van der Waals surface area contributed by atoms with Gasteiger partial charge in [0.25, 0.3) is 5.91 Å². The van der Waals surface area contributed by atoms with E-state index in [1.165, 1.54) is 11.8 Å². The molecule has 0 radical (unpaired) electrons. The van der Waals surface area contributed by atoms with Crippen molar-refractivity contribution < 1.29 is 9.53 Å². The Balaban J connectivity index is 1.48. The van der Waals surface area contributed by atoms with Crippen LogP contribution in [-0.4, -0.2) is 11.1 Å². The summed E-state index contributed by atoms with van der Waals surface area (Å²) in [6.45, 7) is 4.54. The molecule has 1 N–H and O–H groups in total. The van der Waals surface area contributed by atoms with Gasteiger partial charge in [0.1, 0.15) is 12.4 Å². The van der Waals surface area contributed by atoms with Gasteiger partial charge in [0.15, 0.2) is 5.17 Å². The molecule has 0 unspecified atom stereocenters. The molecule has 4 nitrogen and oxygen atoms in total. The first-order valence-electron chi connectivity index (χ1n) is 9.91. The smallest absolute Gasteiger partial charge is 0.264 e. The van der Waals surface area contributed by atoms with Gasteiger partial charge in [0.2, 0.25) is 0 Å². The molecular weight excluding hydrogens is 552 g/mol. The minimum absolute atomic E-state index is 0.153. The van der Waals surface area contributed by atoms with E-state index in [-0.39, 0.29) is 5.91 Å². The molecular formula is C25H20Br2N2O2S. The second-order valence-corrected chi connectivity index (χ2v) is 10.0. The molecule has 1 aliphatic heterocycles. The highest BCUT2D eigenvalue weighted by Gasteiger charge is 2.24. The van der Waals surface area contributed by atoms with E-state index in [0.717, 1.165) is 42.6 Å². The van der Waals surface area contributed by atoms with Gasteiger partial charge in [-0.1, -0.05) is 52.3 Å². The van der Waals surface area contributed by atoms with E-state index in [0.29, 0.717) is 16.7 Å². The minimum atomic E-state index is -0.153. The van der Waals surface area contributed by atoms with Crippen LogP contribution in [0.5, 0.6) is 5.75 Å². The summed E-state index contributed by atoms with van der Waals surface area (Å²) < 4.78 is 7.82. The average Bonchev–Trinajstić information content (AvgIpc) is 3.10. The molecule has 32 heavy (non-hydrogen) atoms. The van der Waals surface area contributed by atoms with Crippen molar-refractivity contribution in [3.63, 3.8) is 0 Å². The van der Waals surface area contributed by atoms with Crippen LogP contribution in [0.25, 0.3) is 6.08 Å². The van der Waals surface area contributed by atoms with Crippen LogP contribution in [-0.2, 0) is 11.4 Å². The Labute approximate surface area is 208 Å². The average molecular weight is 572 g/mol. The first-order valence-corrected chi connectivity index (χ1v) is 12.3. The number of hydrogen-bond acceptors (Lipinski definition) is 4. The number of carbonyl (C=O) groups excluding carboxylic acids is 1. The number of aryl methyl sites for hydroxylation is 2. The number of amides is 1. The van der Waals surface area contributed by atoms with Gasteiger partial charge in [0, 0.05) is 4.47 Å². The van der Waals surface area contributed by atoms with Crippen molar-refractivity contribution in [3.8, 4) is 5.75 Å². The fourth-order valence-corrected chi connectivity index (χ4v) is 4.78. The van der Waals surface area contributed by atoms with Crippen LogP contribution in [0.1, 0.15) is 22.3 Å². The number of carbonyl (C=O) groups is 1. The molecule has 3 aromatic carbocycles. The number of thioether (sulfide) groups is 1. The SMILES string of the molecule is Cc1cc(N=C2NC(=O)/C(=C/c3ccc(OCc4ccccc4)c(Br)c3)S2)cc(C)c1Br. The van der Waals surface area contributed by atoms with Crippen LogP contribution in [0.3, 0.4) is 0 Å². The highest BCUT2D eigenvalue weighted by Crippen LogP contribution is 2.32. The van der Waals surface area contributed by atoms with Gasteiger partial charge in [-0.2, -0.15) is 0 Å². The van der Waals surface area contributed by atoms with Crippen LogP contribution in [0, 0.1) is 13.8 Å². The quantitative estimate of drug-likeness (QED) is 0.327. The van der Waals surface area contributed by atoms with E-state index in [2.05, 4.69) is 42.2 Å². The molecule has 0 bridgehead atoms. The number of aliphatic imine (C=N–C) groups is 1. The number of nitrogens with zero attached hydrogens (tertiary/aromatic N) is 1. The molecule has 0 aromatic heterocycles. The number of benzene rings is 3. The van der Waals surface area contributed by atoms with Gasteiger partial charge >= 0.3 is 0 Å². The van der Waals surface area contributed by atoms with Gasteiger partial charge < -0.3 is 10.1 Å². The van der Waals surface area contributed by atoms with E-state index < -0.39 is 0 Å². The van der Waals surface area contributed by atoms with Gasteiger partial charge in [-0.05, 0) is 94.1 Å². The second-order valence-electron chi connectivity index (χ2n) is 7.34. The first kappa shape index (κ1) is 22.8. The maximum atomic E-state index is 12.5. The van der Waals surface area contributed by atoms with Crippen LogP contribution in [0.15, 0.2) is 79.5 Å². The van der Waals surface area contributed by atoms with Crippen molar-refractivity contribution >= 4 is 66.5 Å². The van der Waals surface area contributed by atoms with Crippen molar-refractivity contribution in [1.29, 1.82) is 0 Å². The monoisotopic (exact) mass is 570 g/mol. The Hall–Kier alpha value is -2.35. The zero-order chi connectivity index (χ0) is 22.7. The lowest BCUT2D eigenvalue weighted by Gasteiger charge is -2.09. The Kier molecular flexibility index (Phi) is 7.18. The number of rotatable bonds is 5. The maximum Gasteiger partial charge on any atom is 0.264 e. The molecule has 0 atom stereocenters.